The molecule has 1 aromatic rings. The van der Waals surface area contributed by atoms with Gasteiger partial charge in [-0.05, 0) is 50.9 Å². The van der Waals surface area contributed by atoms with Gasteiger partial charge in [0.2, 0.25) is 11.8 Å². The van der Waals surface area contributed by atoms with Gasteiger partial charge in [0.1, 0.15) is 0 Å². The third-order valence-electron chi connectivity index (χ3n) is 7.35. The first-order valence-corrected chi connectivity index (χ1v) is 11.4. The summed E-state index contributed by atoms with van der Waals surface area (Å²) >= 11 is 0. The van der Waals surface area contributed by atoms with Crippen molar-refractivity contribution in [3.63, 3.8) is 0 Å². The Morgan fingerprint density at radius 1 is 1.10 bits per heavy atom. The second-order valence-corrected chi connectivity index (χ2v) is 9.39. The van der Waals surface area contributed by atoms with E-state index in [9.17, 15) is 22.8 Å². The Hall–Kier alpha value is -2.06. The average molecular weight is 441 g/mol. The van der Waals surface area contributed by atoms with Crippen LogP contribution in [0.2, 0.25) is 0 Å². The third-order valence-corrected chi connectivity index (χ3v) is 7.35. The van der Waals surface area contributed by atoms with E-state index in [-0.39, 0.29) is 43.0 Å². The molecular formula is C22H31F3N4O2. The van der Waals surface area contributed by atoms with Crippen LogP contribution in [-0.4, -0.2) is 63.5 Å². The molecule has 1 aromatic heterocycles. The zero-order chi connectivity index (χ0) is 22.0. The van der Waals surface area contributed by atoms with E-state index >= 15 is 0 Å². The van der Waals surface area contributed by atoms with Crippen LogP contribution < -0.4 is 0 Å². The molecule has 6 nitrogen and oxygen atoms in total. The number of halogens is 3. The minimum Gasteiger partial charge on any atom is -0.339 e. The van der Waals surface area contributed by atoms with Crippen molar-refractivity contribution in [2.75, 3.05) is 26.2 Å². The van der Waals surface area contributed by atoms with Crippen LogP contribution in [0, 0.1) is 17.8 Å². The van der Waals surface area contributed by atoms with Crippen LogP contribution in [-0.2, 0) is 9.59 Å². The SMILES string of the molecule is O=C1CN(C(=O)C2CCC(n3ccnc3)CC2)CCN1CC1CCCC(C(F)(F)F)C1. The van der Waals surface area contributed by atoms with Crippen molar-refractivity contribution < 1.29 is 22.8 Å². The van der Waals surface area contributed by atoms with Crippen molar-refractivity contribution in [3.05, 3.63) is 18.7 Å². The maximum absolute atomic E-state index is 13.1. The quantitative estimate of drug-likeness (QED) is 0.718. The summed E-state index contributed by atoms with van der Waals surface area (Å²) < 4.78 is 41.3. The highest BCUT2D eigenvalue weighted by molar-refractivity contribution is 5.87. The van der Waals surface area contributed by atoms with Gasteiger partial charge in [-0.2, -0.15) is 13.2 Å². The lowest BCUT2D eigenvalue weighted by Gasteiger charge is -2.40. The number of rotatable bonds is 4. The molecule has 31 heavy (non-hydrogen) atoms. The molecule has 2 atom stereocenters. The lowest BCUT2D eigenvalue weighted by Crippen LogP contribution is -2.54. The number of hydrogen-bond donors (Lipinski definition) is 0. The van der Waals surface area contributed by atoms with Gasteiger partial charge in [0, 0.05) is 44.0 Å². The molecular weight excluding hydrogens is 409 g/mol. The maximum Gasteiger partial charge on any atom is 0.391 e. The van der Waals surface area contributed by atoms with Gasteiger partial charge in [-0.15, -0.1) is 0 Å². The van der Waals surface area contributed by atoms with Crippen LogP contribution in [0.1, 0.15) is 57.4 Å². The predicted octanol–water partition coefficient (Wildman–Crippen LogP) is 3.65. The largest absolute Gasteiger partial charge is 0.391 e. The van der Waals surface area contributed by atoms with Crippen LogP contribution in [0.5, 0.6) is 0 Å². The first-order chi connectivity index (χ1) is 14.8. The van der Waals surface area contributed by atoms with Crippen molar-refractivity contribution in [1.82, 2.24) is 19.4 Å². The van der Waals surface area contributed by atoms with Crippen LogP contribution in [0.4, 0.5) is 13.2 Å². The second-order valence-electron chi connectivity index (χ2n) is 9.39. The van der Waals surface area contributed by atoms with E-state index in [4.69, 9.17) is 0 Å². The highest BCUT2D eigenvalue weighted by atomic mass is 19.4. The standard InChI is InChI=1S/C22H31F3N4O2/c23-22(24,25)18-3-1-2-16(12-18)13-27-10-11-28(14-20(27)30)21(31)17-4-6-19(7-5-17)29-9-8-26-15-29/h8-9,15-19H,1-7,10-14H2. The summed E-state index contributed by atoms with van der Waals surface area (Å²) in [4.78, 5) is 33.0. The van der Waals surface area contributed by atoms with Crippen molar-refractivity contribution in [3.8, 4) is 0 Å². The van der Waals surface area contributed by atoms with Crippen LogP contribution >= 0.6 is 0 Å². The molecule has 2 unspecified atom stereocenters. The number of nitrogens with zero attached hydrogens (tertiary/aromatic N) is 4. The van der Waals surface area contributed by atoms with E-state index in [1.807, 2.05) is 12.5 Å². The number of imidazole rings is 1. The number of hydrogen-bond acceptors (Lipinski definition) is 3. The first-order valence-electron chi connectivity index (χ1n) is 11.4. The molecule has 1 aliphatic heterocycles. The number of aromatic nitrogens is 2. The van der Waals surface area contributed by atoms with Gasteiger partial charge < -0.3 is 14.4 Å². The minimum absolute atomic E-state index is 0.0480. The van der Waals surface area contributed by atoms with Crippen molar-refractivity contribution in [1.29, 1.82) is 0 Å². The number of piperazine rings is 1. The summed E-state index contributed by atoms with van der Waals surface area (Å²) in [6.45, 7) is 1.32. The summed E-state index contributed by atoms with van der Waals surface area (Å²) in [5, 5.41) is 0. The van der Waals surface area contributed by atoms with Crippen LogP contribution in [0.3, 0.4) is 0 Å². The third kappa shape index (κ3) is 5.23. The smallest absolute Gasteiger partial charge is 0.339 e. The molecule has 4 rings (SSSR count). The molecule has 2 aliphatic carbocycles. The zero-order valence-electron chi connectivity index (χ0n) is 17.8. The zero-order valence-corrected chi connectivity index (χ0v) is 17.8. The Kier molecular flexibility index (Phi) is 6.57. The fraction of sp³-hybridized carbons (Fsp3) is 0.773. The summed E-state index contributed by atoms with van der Waals surface area (Å²) in [6, 6.07) is 0.376. The van der Waals surface area contributed by atoms with E-state index in [1.54, 1.807) is 16.0 Å². The topological polar surface area (TPSA) is 58.4 Å². The highest BCUT2D eigenvalue weighted by Gasteiger charge is 2.43. The van der Waals surface area contributed by atoms with Gasteiger partial charge >= 0.3 is 6.18 Å². The van der Waals surface area contributed by atoms with Gasteiger partial charge in [-0.25, -0.2) is 4.98 Å². The van der Waals surface area contributed by atoms with E-state index < -0.39 is 12.1 Å². The van der Waals surface area contributed by atoms with Gasteiger partial charge in [0.05, 0.1) is 18.8 Å². The first kappa shape index (κ1) is 22.1. The number of carbonyl (C=O) groups excluding carboxylic acids is 2. The molecule has 2 saturated carbocycles. The molecule has 3 aliphatic rings. The Balaban J connectivity index is 1.24. The predicted molar refractivity (Wildman–Crippen MR) is 108 cm³/mol. The Bertz CT molecular complexity index is 759. The van der Waals surface area contributed by atoms with Gasteiger partial charge in [0.15, 0.2) is 0 Å². The monoisotopic (exact) mass is 440 g/mol. The lowest BCUT2D eigenvalue weighted by molar-refractivity contribution is -0.186. The van der Waals surface area contributed by atoms with E-state index in [0.29, 0.717) is 32.1 Å². The Labute approximate surface area is 180 Å². The molecule has 9 heteroatoms. The van der Waals surface area contributed by atoms with Gasteiger partial charge in [0.25, 0.3) is 0 Å². The van der Waals surface area contributed by atoms with Crippen molar-refractivity contribution in [2.24, 2.45) is 17.8 Å². The van der Waals surface area contributed by atoms with Crippen LogP contribution in [0.15, 0.2) is 18.7 Å². The van der Waals surface area contributed by atoms with E-state index in [2.05, 4.69) is 9.55 Å². The molecule has 0 bridgehead atoms. The number of carbonyl (C=O) groups is 2. The highest BCUT2D eigenvalue weighted by Crippen LogP contribution is 2.40. The average Bonchev–Trinajstić information content (AvgIpc) is 3.29. The molecule has 0 N–H and O–H groups in total. The molecule has 0 aromatic carbocycles. The normalized spacial score (nSPS) is 30.5. The molecule has 2 amide bonds. The lowest BCUT2D eigenvalue weighted by atomic mass is 9.80. The summed E-state index contributed by atoms with van der Waals surface area (Å²) in [6.07, 6.45) is 6.42. The maximum atomic E-state index is 13.1. The summed E-state index contributed by atoms with van der Waals surface area (Å²) in [5.74, 6) is -1.50. The molecule has 0 spiro atoms. The molecule has 1 saturated heterocycles. The van der Waals surface area contributed by atoms with Gasteiger partial charge in [-0.3, -0.25) is 9.59 Å². The Morgan fingerprint density at radius 3 is 2.52 bits per heavy atom. The molecule has 172 valence electrons. The minimum atomic E-state index is -4.15. The summed E-state index contributed by atoms with van der Waals surface area (Å²) in [5.41, 5.74) is 0. The fourth-order valence-corrected chi connectivity index (χ4v) is 5.52. The van der Waals surface area contributed by atoms with Crippen molar-refractivity contribution in [2.45, 2.75) is 63.6 Å². The van der Waals surface area contributed by atoms with Crippen molar-refractivity contribution >= 4 is 11.8 Å². The van der Waals surface area contributed by atoms with Gasteiger partial charge in [-0.1, -0.05) is 6.42 Å². The summed E-state index contributed by atoms with van der Waals surface area (Å²) in [7, 11) is 0. The molecule has 0 radical (unpaired) electrons. The van der Waals surface area contributed by atoms with E-state index in [0.717, 1.165) is 32.1 Å². The fourth-order valence-electron chi connectivity index (χ4n) is 5.52. The number of amides is 2. The Morgan fingerprint density at radius 2 is 1.87 bits per heavy atom. The number of alkyl halides is 3. The van der Waals surface area contributed by atoms with E-state index in [1.165, 1.54) is 0 Å². The van der Waals surface area contributed by atoms with Crippen LogP contribution in [0.25, 0.3) is 0 Å². The molecule has 3 fully saturated rings. The second kappa shape index (κ2) is 9.20. The molecule has 2 heterocycles.